The highest BCUT2D eigenvalue weighted by Crippen LogP contribution is 2.45. The van der Waals surface area contributed by atoms with Crippen molar-refractivity contribution in [1.29, 1.82) is 0 Å². The van der Waals surface area contributed by atoms with E-state index in [1.807, 2.05) is 54.6 Å². The molecular formula is C54H32O2. The van der Waals surface area contributed by atoms with Crippen LogP contribution in [0.3, 0.4) is 0 Å². The lowest BCUT2D eigenvalue weighted by atomic mass is 9.85. The first kappa shape index (κ1) is 17.8. The Morgan fingerprint density at radius 1 is 0.321 bits per heavy atom. The van der Waals surface area contributed by atoms with Crippen LogP contribution in [0.5, 0.6) is 0 Å². The highest BCUT2D eigenvalue weighted by Gasteiger charge is 2.19. The Morgan fingerprint density at radius 2 is 0.839 bits per heavy atom. The van der Waals surface area contributed by atoms with Crippen molar-refractivity contribution in [1.82, 2.24) is 0 Å². The normalized spacial score (nSPS) is 16.7. The Labute approximate surface area is 349 Å². The molecule has 2 heterocycles. The molecule has 2 aromatic heterocycles. The summed E-state index contributed by atoms with van der Waals surface area (Å²) < 4.78 is 184. The molecule has 0 N–H and O–H groups in total. The van der Waals surface area contributed by atoms with E-state index in [2.05, 4.69) is 0 Å². The molecule has 0 spiro atoms. The molecule has 0 atom stereocenters. The van der Waals surface area contributed by atoms with Crippen LogP contribution >= 0.6 is 0 Å². The van der Waals surface area contributed by atoms with Gasteiger partial charge in [-0.1, -0.05) is 163 Å². The van der Waals surface area contributed by atoms with Crippen molar-refractivity contribution in [3.05, 3.63) is 194 Å². The average Bonchev–Trinajstić information content (AvgIpc) is 3.98. The van der Waals surface area contributed by atoms with Crippen LogP contribution < -0.4 is 0 Å². The molecule has 0 aliphatic carbocycles. The number of para-hydroxylation sites is 1. The molecule has 12 aromatic rings. The number of hydrogen-bond acceptors (Lipinski definition) is 2. The number of hydrogen-bond donors (Lipinski definition) is 0. The van der Waals surface area contributed by atoms with Crippen molar-refractivity contribution < 1.29 is 34.9 Å². The van der Waals surface area contributed by atoms with Crippen molar-refractivity contribution in [2.24, 2.45) is 0 Å². The van der Waals surface area contributed by atoms with E-state index in [0.29, 0.717) is 22.3 Å². The quantitative estimate of drug-likeness (QED) is 0.169. The monoisotopic (exact) mass is 731 g/mol. The molecule has 2 nitrogen and oxygen atoms in total. The van der Waals surface area contributed by atoms with E-state index in [9.17, 15) is 11.0 Å². The minimum absolute atomic E-state index is 0.0387. The minimum Gasteiger partial charge on any atom is -0.456 e. The maximum Gasteiger partial charge on any atom is 0.136 e. The summed E-state index contributed by atoms with van der Waals surface area (Å²) in [5.74, 6) is 0. The summed E-state index contributed by atoms with van der Waals surface area (Å²) >= 11 is 0. The first-order chi connectivity index (χ1) is 35.7. The molecule has 0 radical (unpaired) electrons. The number of benzene rings is 10. The highest BCUT2D eigenvalue weighted by atomic mass is 16.3. The highest BCUT2D eigenvalue weighted by molar-refractivity contribution is 6.26. The van der Waals surface area contributed by atoms with Gasteiger partial charge in [0.25, 0.3) is 0 Å². The van der Waals surface area contributed by atoms with Crippen molar-refractivity contribution >= 4 is 76.2 Å². The summed E-state index contributed by atoms with van der Waals surface area (Å²) in [6.45, 7) is 0. The van der Waals surface area contributed by atoms with Gasteiger partial charge in [0.1, 0.15) is 22.3 Å². The van der Waals surface area contributed by atoms with Gasteiger partial charge in [-0.25, -0.2) is 0 Å². The van der Waals surface area contributed by atoms with Gasteiger partial charge in [0.05, 0.1) is 26.0 Å². The van der Waals surface area contributed by atoms with E-state index in [-0.39, 0.29) is 21.9 Å². The van der Waals surface area contributed by atoms with Crippen LogP contribution in [0.2, 0.25) is 0 Å². The summed E-state index contributed by atoms with van der Waals surface area (Å²) in [7, 11) is 0. The van der Waals surface area contributed by atoms with Crippen molar-refractivity contribution in [3.8, 4) is 44.5 Å². The van der Waals surface area contributed by atoms with E-state index >= 15 is 0 Å². The maximum absolute atomic E-state index is 9.58. The lowest BCUT2D eigenvalue weighted by Crippen LogP contribution is -1.91. The molecule has 260 valence electrons. The molecule has 0 saturated heterocycles. The van der Waals surface area contributed by atoms with Crippen molar-refractivity contribution in [3.63, 3.8) is 0 Å². The number of fused-ring (bicyclic) bond motifs is 10. The Balaban J connectivity index is 1.12. The van der Waals surface area contributed by atoms with Gasteiger partial charge in [-0.2, -0.15) is 0 Å². The number of rotatable bonds is 4. The first-order valence-electron chi connectivity index (χ1n) is 27.1. The van der Waals surface area contributed by atoms with Crippen LogP contribution in [0, 0.1) is 0 Å². The molecule has 0 amide bonds. The van der Waals surface area contributed by atoms with Gasteiger partial charge in [-0.3, -0.25) is 0 Å². The second-order valence-electron chi connectivity index (χ2n) is 13.3. The van der Waals surface area contributed by atoms with Gasteiger partial charge >= 0.3 is 0 Å². The lowest BCUT2D eigenvalue weighted by Gasteiger charge is -2.18. The van der Waals surface area contributed by atoms with Gasteiger partial charge in [-0.15, -0.1) is 0 Å². The Morgan fingerprint density at radius 3 is 1.54 bits per heavy atom. The predicted octanol–water partition coefficient (Wildman–Crippen LogP) is 15.6. The predicted molar refractivity (Wildman–Crippen MR) is 235 cm³/mol. The summed E-state index contributed by atoms with van der Waals surface area (Å²) in [5.41, 5.74) is 1.95. The van der Waals surface area contributed by atoms with Crippen LogP contribution in [0.15, 0.2) is 203 Å². The maximum atomic E-state index is 9.58. The summed E-state index contributed by atoms with van der Waals surface area (Å²) in [4.78, 5) is 0. The van der Waals surface area contributed by atoms with Gasteiger partial charge in [0, 0.05) is 21.5 Å². The topological polar surface area (TPSA) is 26.3 Å². The Hall–Kier alpha value is -7.42. The molecule has 0 unspecified atom stereocenters. The zero-order valence-corrected chi connectivity index (χ0v) is 28.8. The second-order valence-corrected chi connectivity index (χ2v) is 13.3. The standard InChI is InChI=1S/C54H32O2/c1-2-12-39-34(10-1)11-9-18-40(39)35-22-26-37(27-23-35)52-43-15-5-3-13-41(43)51(42-14-4-6-16-44(42)52)36-24-20-33(21-25-36)38-28-29-46-50(32-38)56-49-31-30-48-53(54(46)49)45-17-7-8-19-47(45)55-48/h1-32H/i1D,2D,3D,4D,5D,6D,9D,10D,11D,12D,13D,14D,15D,16D,18D,22D,23D,26D,27D. The van der Waals surface area contributed by atoms with Crippen LogP contribution in [0.1, 0.15) is 26.0 Å². The largest absolute Gasteiger partial charge is 0.456 e. The fourth-order valence-electron chi connectivity index (χ4n) is 7.82. The smallest absolute Gasteiger partial charge is 0.136 e. The Kier molecular flexibility index (Phi) is 3.83. The van der Waals surface area contributed by atoms with Crippen LogP contribution in [0.25, 0.3) is 121 Å². The average molecular weight is 732 g/mol. The first-order valence-corrected chi connectivity index (χ1v) is 17.6. The second kappa shape index (κ2) is 12.0. The molecule has 12 rings (SSSR count). The number of furan rings is 2. The molecule has 0 aliphatic rings. The molecule has 10 aromatic carbocycles. The summed E-state index contributed by atoms with van der Waals surface area (Å²) in [6, 6.07) is 9.19. The molecular weight excluding hydrogens is 681 g/mol. The summed E-state index contributed by atoms with van der Waals surface area (Å²) in [5, 5.41) is 1.31. The van der Waals surface area contributed by atoms with Crippen LogP contribution in [-0.2, 0) is 0 Å². The Bertz CT molecular complexity index is 4520. The lowest BCUT2D eigenvalue weighted by molar-refractivity contribution is 0.663. The van der Waals surface area contributed by atoms with Crippen molar-refractivity contribution in [2.75, 3.05) is 0 Å². The van der Waals surface area contributed by atoms with Crippen molar-refractivity contribution in [2.45, 2.75) is 0 Å². The fraction of sp³-hybridized carbons (Fsp3) is 0. The zero-order chi connectivity index (χ0) is 53.3. The third-order valence-corrected chi connectivity index (χ3v) is 10.3. The third-order valence-electron chi connectivity index (χ3n) is 10.3. The van der Waals surface area contributed by atoms with Gasteiger partial charge in [0.2, 0.25) is 0 Å². The molecule has 0 fully saturated rings. The minimum atomic E-state index is -0.919. The van der Waals surface area contributed by atoms with Crippen LogP contribution in [-0.4, -0.2) is 0 Å². The van der Waals surface area contributed by atoms with Gasteiger partial charge in [-0.05, 0) is 107 Å². The molecule has 56 heavy (non-hydrogen) atoms. The molecule has 0 aliphatic heterocycles. The summed E-state index contributed by atoms with van der Waals surface area (Å²) in [6.07, 6.45) is 0. The molecule has 0 saturated carbocycles. The molecule has 2 heteroatoms. The SMILES string of the molecule is [2H]c1c([2H])c(-c2c3c([2H])c([2H])c([2H])c([2H])c3c(-c3ccc(-c4ccc5c(c4)oc4ccc6oc7ccccc7c6c45)cc3)c3c([2H])c([2H])c([2H])c([2H])c23)c([2H])c([2H])c1-c1c([2H])c([2H])c([2H])c2c([2H])c([2H])c([2H])c([2H])c12. The van der Waals surface area contributed by atoms with E-state index in [0.717, 1.165) is 32.7 Å². The fourth-order valence-corrected chi connectivity index (χ4v) is 7.82. The van der Waals surface area contributed by atoms with E-state index in [4.69, 9.17) is 23.9 Å². The van der Waals surface area contributed by atoms with Crippen LogP contribution in [0.4, 0.5) is 0 Å². The van der Waals surface area contributed by atoms with Gasteiger partial charge in [0.15, 0.2) is 0 Å². The van der Waals surface area contributed by atoms with E-state index < -0.39 is 159 Å². The van der Waals surface area contributed by atoms with E-state index in [1.165, 1.54) is 0 Å². The third kappa shape index (κ3) is 4.63. The molecule has 0 bridgehead atoms. The van der Waals surface area contributed by atoms with E-state index in [1.54, 1.807) is 24.3 Å². The zero-order valence-electron chi connectivity index (χ0n) is 47.8. The van der Waals surface area contributed by atoms with Gasteiger partial charge < -0.3 is 8.83 Å².